The molecule has 0 aromatic heterocycles. The number of nitrogens with two attached hydrogens (primary N) is 1. The van der Waals surface area contributed by atoms with Gasteiger partial charge in [0.25, 0.3) is 17.5 Å². The molecule has 0 aliphatic heterocycles. The molecule has 1 saturated carbocycles. The molecule has 2 aromatic rings. The number of hydrogen-bond acceptors (Lipinski definition) is 5. The molecule has 0 heterocycles. The highest BCUT2D eigenvalue weighted by atomic mass is 19.1. The van der Waals surface area contributed by atoms with Crippen molar-refractivity contribution in [2.45, 2.75) is 25.8 Å². The fourth-order valence-corrected chi connectivity index (χ4v) is 2.53. The minimum absolute atomic E-state index is 0.185. The van der Waals surface area contributed by atoms with Crippen molar-refractivity contribution < 1.29 is 18.9 Å². The maximum absolute atomic E-state index is 13.7. The molecular formula is C18H17FN4O4. The Kier molecular flexibility index (Phi) is 4.76. The van der Waals surface area contributed by atoms with Crippen LogP contribution in [0.4, 0.5) is 21.5 Å². The number of anilines is 2. The van der Waals surface area contributed by atoms with Gasteiger partial charge in [-0.15, -0.1) is 0 Å². The van der Waals surface area contributed by atoms with E-state index in [1.807, 2.05) is 0 Å². The van der Waals surface area contributed by atoms with Crippen LogP contribution in [0, 0.1) is 22.9 Å². The number of hydrogen-bond donors (Lipinski definition) is 3. The first-order chi connectivity index (χ1) is 12.8. The molecule has 0 spiro atoms. The van der Waals surface area contributed by atoms with E-state index in [9.17, 15) is 24.1 Å². The summed E-state index contributed by atoms with van der Waals surface area (Å²) in [7, 11) is 0. The van der Waals surface area contributed by atoms with Crippen LogP contribution in [0.25, 0.3) is 0 Å². The van der Waals surface area contributed by atoms with Crippen LogP contribution in [0.5, 0.6) is 0 Å². The number of benzene rings is 2. The highest BCUT2D eigenvalue weighted by molar-refractivity contribution is 6.09. The third kappa shape index (κ3) is 4.02. The number of carbonyl (C=O) groups is 2. The molecule has 1 aliphatic rings. The monoisotopic (exact) mass is 372 g/mol. The Balaban J connectivity index is 1.87. The lowest BCUT2D eigenvalue weighted by atomic mass is 10.1. The van der Waals surface area contributed by atoms with Crippen molar-refractivity contribution in [3.05, 3.63) is 63.0 Å². The van der Waals surface area contributed by atoms with Crippen LogP contribution in [0.15, 0.2) is 30.3 Å². The predicted octanol–water partition coefficient (Wildman–Crippen LogP) is 2.77. The van der Waals surface area contributed by atoms with Gasteiger partial charge in [-0.2, -0.15) is 0 Å². The van der Waals surface area contributed by atoms with Crippen LogP contribution in [0.2, 0.25) is 0 Å². The molecule has 0 atom stereocenters. The van der Waals surface area contributed by atoms with Crippen molar-refractivity contribution in [2.75, 3.05) is 11.1 Å². The maximum Gasteiger partial charge on any atom is 0.295 e. The Hall–Kier alpha value is -3.49. The zero-order valence-electron chi connectivity index (χ0n) is 14.4. The molecule has 8 nitrogen and oxygen atoms in total. The second-order valence-corrected chi connectivity index (χ2v) is 6.37. The van der Waals surface area contributed by atoms with Crippen molar-refractivity contribution >= 4 is 28.9 Å². The number of aryl methyl sites for hydroxylation is 1. The molecule has 9 heteroatoms. The summed E-state index contributed by atoms with van der Waals surface area (Å²) in [6, 6.07) is 6.45. The molecule has 1 fully saturated rings. The number of rotatable bonds is 5. The third-order valence-corrected chi connectivity index (χ3v) is 4.22. The molecule has 0 saturated heterocycles. The van der Waals surface area contributed by atoms with Crippen LogP contribution in [0.1, 0.15) is 39.1 Å². The van der Waals surface area contributed by atoms with Gasteiger partial charge in [0.2, 0.25) is 0 Å². The summed E-state index contributed by atoms with van der Waals surface area (Å²) in [6.45, 7) is 1.72. The first kappa shape index (κ1) is 18.3. The summed E-state index contributed by atoms with van der Waals surface area (Å²) < 4.78 is 13.7. The van der Waals surface area contributed by atoms with Gasteiger partial charge in [0, 0.05) is 17.3 Å². The molecule has 3 rings (SSSR count). The van der Waals surface area contributed by atoms with Gasteiger partial charge in [0.05, 0.1) is 16.6 Å². The van der Waals surface area contributed by atoms with Gasteiger partial charge in [-0.1, -0.05) is 6.07 Å². The number of halogens is 1. The van der Waals surface area contributed by atoms with Gasteiger partial charge in [0.15, 0.2) is 0 Å². The van der Waals surface area contributed by atoms with Crippen LogP contribution in [-0.4, -0.2) is 22.8 Å². The topological polar surface area (TPSA) is 127 Å². The van der Waals surface area contributed by atoms with E-state index in [1.165, 1.54) is 6.07 Å². The lowest BCUT2D eigenvalue weighted by molar-refractivity contribution is -0.384. The van der Waals surface area contributed by atoms with E-state index in [0.29, 0.717) is 22.9 Å². The minimum atomic E-state index is -0.949. The van der Waals surface area contributed by atoms with Crippen LogP contribution >= 0.6 is 0 Å². The number of nitrogens with one attached hydrogen (secondary N) is 2. The molecule has 27 heavy (non-hydrogen) atoms. The Bertz CT molecular complexity index is 957. The van der Waals surface area contributed by atoms with E-state index in [-0.39, 0.29) is 17.5 Å². The quantitative estimate of drug-likeness (QED) is 0.422. The Morgan fingerprint density at radius 2 is 1.93 bits per heavy atom. The van der Waals surface area contributed by atoms with Crippen LogP contribution < -0.4 is 16.4 Å². The Labute approximate surface area is 153 Å². The Morgan fingerprint density at radius 3 is 2.56 bits per heavy atom. The maximum atomic E-state index is 13.7. The van der Waals surface area contributed by atoms with Crippen LogP contribution in [0.3, 0.4) is 0 Å². The second kappa shape index (κ2) is 7.02. The molecular weight excluding hydrogens is 355 g/mol. The van der Waals surface area contributed by atoms with Gasteiger partial charge in [0.1, 0.15) is 11.5 Å². The molecule has 2 amide bonds. The largest absolute Gasteiger partial charge is 0.393 e. The molecule has 0 bridgehead atoms. The summed E-state index contributed by atoms with van der Waals surface area (Å²) in [6.07, 6.45) is 1.89. The molecule has 4 N–H and O–H groups in total. The highest BCUT2D eigenvalue weighted by Gasteiger charge is 2.25. The fraction of sp³-hybridized carbons (Fsp3) is 0.222. The van der Waals surface area contributed by atoms with E-state index in [0.717, 1.165) is 18.9 Å². The molecule has 140 valence electrons. The lowest BCUT2D eigenvalue weighted by Gasteiger charge is -2.12. The summed E-state index contributed by atoms with van der Waals surface area (Å²) in [5.74, 6) is -2.01. The summed E-state index contributed by atoms with van der Waals surface area (Å²) in [4.78, 5) is 34.8. The van der Waals surface area contributed by atoms with E-state index < -0.39 is 28.0 Å². The number of amides is 2. The van der Waals surface area contributed by atoms with Gasteiger partial charge in [-0.25, -0.2) is 4.39 Å². The van der Waals surface area contributed by atoms with Crippen molar-refractivity contribution in [1.29, 1.82) is 0 Å². The van der Waals surface area contributed by atoms with Gasteiger partial charge in [-0.05, 0) is 43.5 Å². The number of nitrogens with zero attached hydrogens (tertiary/aromatic N) is 1. The molecule has 2 aromatic carbocycles. The van der Waals surface area contributed by atoms with Gasteiger partial charge in [-0.3, -0.25) is 19.7 Å². The van der Waals surface area contributed by atoms with Gasteiger partial charge < -0.3 is 16.4 Å². The first-order valence-electron chi connectivity index (χ1n) is 8.22. The zero-order valence-corrected chi connectivity index (χ0v) is 14.4. The third-order valence-electron chi connectivity index (χ3n) is 4.22. The number of nitro benzene ring substituents is 1. The highest BCUT2D eigenvalue weighted by Crippen LogP contribution is 2.28. The standard InChI is InChI=1S/C18H17FN4O4/c1-9-2-3-10(17(24)21-12-4-5-12)6-14(9)22-18(25)13-7-11(19)8-15(16(13)20)23(26)27/h2-3,6-8,12H,4-5,20H2,1H3,(H,21,24)(H,22,25). The zero-order chi connectivity index (χ0) is 19.7. The lowest BCUT2D eigenvalue weighted by Crippen LogP contribution is -2.25. The first-order valence-corrected chi connectivity index (χ1v) is 8.22. The van der Waals surface area contributed by atoms with E-state index in [1.54, 1.807) is 19.1 Å². The Morgan fingerprint density at radius 1 is 1.22 bits per heavy atom. The van der Waals surface area contributed by atoms with Crippen molar-refractivity contribution in [2.24, 2.45) is 0 Å². The van der Waals surface area contributed by atoms with Crippen LogP contribution in [-0.2, 0) is 0 Å². The van der Waals surface area contributed by atoms with Gasteiger partial charge >= 0.3 is 0 Å². The summed E-state index contributed by atoms with van der Waals surface area (Å²) in [5.41, 5.74) is 5.54. The van der Waals surface area contributed by atoms with E-state index >= 15 is 0 Å². The molecule has 0 radical (unpaired) electrons. The predicted molar refractivity (Wildman–Crippen MR) is 97.1 cm³/mol. The summed E-state index contributed by atoms with van der Waals surface area (Å²) >= 11 is 0. The fourth-order valence-electron chi connectivity index (χ4n) is 2.53. The van der Waals surface area contributed by atoms with Crippen molar-refractivity contribution in [3.63, 3.8) is 0 Å². The summed E-state index contributed by atoms with van der Waals surface area (Å²) in [5, 5.41) is 16.3. The minimum Gasteiger partial charge on any atom is -0.393 e. The average molecular weight is 372 g/mol. The van der Waals surface area contributed by atoms with E-state index in [2.05, 4.69) is 10.6 Å². The average Bonchev–Trinajstić information content (AvgIpc) is 3.42. The number of nitro groups is 1. The molecule has 0 unspecified atom stereocenters. The second-order valence-electron chi connectivity index (χ2n) is 6.37. The molecule has 1 aliphatic carbocycles. The number of carbonyl (C=O) groups excluding carboxylic acids is 2. The number of nitrogen functional groups attached to an aromatic ring is 1. The normalized spacial score (nSPS) is 13.1. The van der Waals surface area contributed by atoms with Crippen molar-refractivity contribution in [3.8, 4) is 0 Å². The van der Waals surface area contributed by atoms with E-state index in [4.69, 9.17) is 5.73 Å². The SMILES string of the molecule is Cc1ccc(C(=O)NC2CC2)cc1NC(=O)c1cc(F)cc([N+](=O)[O-])c1N. The smallest absolute Gasteiger partial charge is 0.295 e. The van der Waals surface area contributed by atoms with Crippen molar-refractivity contribution in [1.82, 2.24) is 5.32 Å².